The maximum atomic E-state index is 12.7. The van der Waals surface area contributed by atoms with Gasteiger partial charge in [0.25, 0.3) is 0 Å². The van der Waals surface area contributed by atoms with Crippen LogP contribution in [0.5, 0.6) is 0 Å². The Morgan fingerprint density at radius 3 is 2.46 bits per heavy atom. The maximum Gasteiger partial charge on any atom is 0.245 e. The SMILES string of the molecule is C[C@H]1C(=O)N(CCc2ccccc2)CC(=O)N1CC(=O)N1CCCCC1. The molecule has 2 heterocycles. The molecule has 0 spiro atoms. The molecule has 2 aliphatic rings. The van der Waals surface area contributed by atoms with Crippen LogP contribution in [0.2, 0.25) is 0 Å². The van der Waals surface area contributed by atoms with Gasteiger partial charge in [0.2, 0.25) is 17.7 Å². The molecule has 6 heteroatoms. The number of carbonyl (C=O) groups is 3. The van der Waals surface area contributed by atoms with E-state index < -0.39 is 6.04 Å². The van der Waals surface area contributed by atoms with Crippen LogP contribution < -0.4 is 0 Å². The van der Waals surface area contributed by atoms with Crippen molar-refractivity contribution in [2.24, 2.45) is 0 Å². The second-order valence-electron chi connectivity index (χ2n) is 7.13. The Kier molecular flexibility index (Phi) is 5.91. The highest BCUT2D eigenvalue weighted by Gasteiger charge is 2.37. The van der Waals surface area contributed by atoms with Gasteiger partial charge in [0.1, 0.15) is 12.6 Å². The predicted molar refractivity (Wildman–Crippen MR) is 98.3 cm³/mol. The van der Waals surface area contributed by atoms with Crippen molar-refractivity contribution in [3.05, 3.63) is 35.9 Å². The van der Waals surface area contributed by atoms with Crippen molar-refractivity contribution in [1.29, 1.82) is 0 Å². The number of nitrogens with zero attached hydrogens (tertiary/aromatic N) is 3. The van der Waals surface area contributed by atoms with Gasteiger partial charge in [0, 0.05) is 19.6 Å². The summed E-state index contributed by atoms with van der Waals surface area (Å²) in [7, 11) is 0. The van der Waals surface area contributed by atoms with E-state index in [0.717, 1.165) is 44.3 Å². The molecule has 1 atom stereocenters. The summed E-state index contributed by atoms with van der Waals surface area (Å²) in [5.74, 6) is -0.266. The number of rotatable bonds is 5. The van der Waals surface area contributed by atoms with Crippen LogP contribution in [0.1, 0.15) is 31.7 Å². The fourth-order valence-corrected chi connectivity index (χ4v) is 3.66. The first kappa shape index (κ1) is 18.4. The maximum absolute atomic E-state index is 12.7. The summed E-state index contributed by atoms with van der Waals surface area (Å²) >= 11 is 0. The van der Waals surface area contributed by atoms with E-state index in [4.69, 9.17) is 0 Å². The lowest BCUT2D eigenvalue weighted by Crippen LogP contribution is -2.61. The normalized spacial score (nSPS) is 21.3. The van der Waals surface area contributed by atoms with Gasteiger partial charge in [0.05, 0.1) is 6.54 Å². The van der Waals surface area contributed by atoms with Crippen molar-refractivity contribution in [1.82, 2.24) is 14.7 Å². The van der Waals surface area contributed by atoms with Gasteiger partial charge in [-0.25, -0.2) is 0 Å². The lowest BCUT2D eigenvalue weighted by Gasteiger charge is -2.39. The topological polar surface area (TPSA) is 60.9 Å². The largest absolute Gasteiger partial charge is 0.341 e. The zero-order chi connectivity index (χ0) is 18.5. The van der Waals surface area contributed by atoms with Crippen LogP contribution in [0, 0.1) is 0 Å². The average molecular weight is 357 g/mol. The molecule has 0 unspecified atom stereocenters. The van der Waals surface area contributed by atoms with E-state index in [1.165, 1.54) is 4.90 Å². The summed E-state index contributed by atoms with van der Waals surface area (Å²) in [5, 5.41) is 0. The summed E-state index contributed by atoms with van der Waals surface area (Å²) in [4.78, 5) is 42.6. The third-order valence-corrected chi connectivity index (χ3v) is 5.31. The van der Waals surface area contributed by atoms with Gasteiger partial charge in [0.15, 0.2) is 0 Å². The van der Waals surface area contributed by atoms with Crippen molar-refractivity contribution in [3.8, 4) is 0 Å². The minimum absolute atomic E-state index is 0.0122. The Labute approximate surface area is 154 Å². The predicted octanol–water partition coefficient (Wildman–Crippen LogP) is 1.30. The number of hydrogen-bond acceptors (Lipinski definition) is 3. The van der Waals surface area contributed by atoms with Crippen molar-refractivity contribution in [2.45, 2.75) is 38.6 Å². The van der Waals surface area contributed by atoms with E-state index in [9.17, 15) is 14.4 Å². The van der Waals surface area contributed by atoms with Crippen molar-refractivity contribution >= 4 is 17.7 Å². The highest BCUT2D eigenvalue weighted by atomic mass is 16.2. The van der Waals surface area contributed by atoms with Gasteiger partial charge in [-0.1, -0.05) is 30.3 Å². The third-order valence-electron chi connectivity index (χ3n) is 5.31. The molecule has 26 heavy (non-hydrogen) atoms. The molecular formula is C20H27N3O3. The molecule has 1 aromatic carbocycles. The molecule has 140 valence electrons. The minimum atomic E-state index is -0.583. The van der Waals surface area contributed by atoms with E-state index >= 15 is 0 Å². The van der Waals surface area contributed by atoms with Gasteiger partial charge in [-0.2, -0.15) is 0 Å². The number of carbonyl (C=O) groups excluding carboxylic acids is 3. The zero-order valence-corrected chi connectivity index (χ0v) is 15.4. The molecule has 2 aliphatic heterocycles. The Morgan fingerprint density at radius 2 is 1.77 bits per heavy atom. The zero-order valence-electron chi connectivity index (χ0n) is 15.4. The van der Waals surface area contributed by atoms with Gasteiger partial charge >= 0.3 is 0 Å². The fourth-order valence-electron chi connectivity index (χ4n) is 3.66. The van der Waals surface area contributed by atoms with Crippen LogP contribution >= 0.6 is 0 Å². The highest BCUT2D eigenvalue weighted by Crippen LogP contribution is 2.15. The first-order valence-corrected chi connectivity index (χ1v) is 9.46. The van der Waals surface area contributed by atoms with Crippen LogP contribution in [-0.2, 0) is 20.8 Å². The van der Waals surface area contributed by atoms with Crippen LogP contribution in [0.25, 0.3) is 0 Å². The summed E-state index contributed by atoms with van der Waals surface area (Å²) in [6.45, 7) is 3.82. The van der Waals surface area contributed by atoms with Crippen LogP contribution in [-0.4, -0.2) is 71.2 Å². The van der Waals surface area contributed by atoms with Gasteiger partial charge in [-0.3, -0.25) is 14.4 Å². The van der Waals surface area contributed by atoms with E-state index in [1.54, 1.807) is 11.8 Å². The molecule has 0 radical (unpaired) electrons. The first-order chi connectivity index (χ1) is 12.6. The third kappa shape index (κ3) is 4.23. The molecule has 3 rings (SSSR count). The molecule has 0 N–H and O–H groups in total. The molecule has 0 aliphatic carbocycles. The monoisotopic (exact) mass is 357 g/mol. The number of amides is 3. The molecule has 0 aromatic heterocycles. The quantitative estimate of drug-likeness (QED) is 0.798. The number of likely N-dealkylation sites (tertiary alicyclic amines) is 1. The molecule has 3 amide bonds. The molecule has 0 saturated carbocycles. The Balaban J connectivity index is 1.57. The highest BCUT2D eigenvalue weighted by molar-refractivity contribution is 5.96. The molecule has 6 nitrogen and oxygen atoms in total. The molecule has 2 saturated heterocycles. The summed E-state index contributed by atoms with van der Waals surface area (Å²) in [5.41, 5.74) is 1.14. The van der Waals surface area contributed by atoms with Crippen molar-refractivity contribution in [2.75, 3.05) is 32.7 Å². The minimum Gasteiger partial charge on any atom is -0.341 e. The van der Waals surface area contributed by atoms with Crippen LogP contribution in [0.3, 0.4) is 0 Å². The van der Waals surface area contributed by atoms with E-state index in [1.807, 2.05) is 35.2 Å². The Morgan fingerprint density at radius 1 is 1.08 bits per heavy atom. The van der Waals surface area contributed by atoms with Gasteiger partial charge in [-0.05, 0) is 38.2 Å². The van der Waals surface area contributed by atoms with Crippen molar-refractivity contribution in [3.63, 3.8) is 0 Å². The summed E-state index contributed by atoms with van der Waals surface area (Å²) in [6, 6.07) is 9.34. The summed E-state index contributed by atoms with van der Waals surface area (Å²) in [6.07, 6.45) is 3.90. The van der Waals surface area contributed by atoms with Crippen LogP contribution in [0.15, 0.2) is 30.3 Å². The van der Waals surface area contributed by atoms with E-state index in [0.29, 0.717) is 6.54 Å². The number of piperidine rings is 1. The summed E-state index contributed by atoms with van der Waals surface area (Å²) < 4.78 is 0. The number of benzene rings is 1. The number of piperazine rings is 1. The molecular weight excluding hydrogens is 330 g/mol. The van der Waals surface area contributed by atoms with E-state index in [2.05, 4.69) is 0 Å². The molecule has 0 bridgehead atoms. The lowest BCUT2D eigenvalue weighted by molar-refractivity contribution is -0.157. The smallest absolute Gasteiger partial charge is 0.245 e. The Hall–Kier alpha value is -2.37. The van der Waals surface area contributed by atoms with Crippen LogP contribution in [0.4, 0.5) is 0 Å². The molecule has 1 aromatic rings. The van der Waals surface area contributed by atoms with Gasteiger partial charge < -0.3 is 14.7 Å². The van der Waals surface area contributed by atoms with E-state index in [-0.39, 0.29) is 30.8 Å². The number of hydrogen-bond donors (Lipinski definition) is 0. The standard InChI is InChI=1S/C20H27N3O3/c1-16-20(26)22(13-10-17-8-4-2-5-9-17)14-19(25)23(16)15-18(24)21-11-6-3-7-12-21/h2,4-5,8-9,16H,3,6-7,10-15H2,1H3/t16-/m0/s1. The van der Waals surface area contributed by atoms with Gasteiger partial charge in [-0.15, -0.1) is 0 Å². The first-order valence-electron chi connectivity index (χ1n) is 9.46. The fraction of sp³-hybridized carbons (Fsp3) is 0.550. The second-order valence-corrected chi connectivity index (χ2v) is 7.13. The second kappa shape index (κ2) is 8.34. The average Bonchev–Trinajstić information content (AvgIpc) is 2.68. The molecule has 2 fully saturated rings. The van der Waals surface area contributed by atoms with Crippen molar-refractivity contribution < 1.29 is 14.4 Å². The lowest BCUT2D eigenvalue weighted by atomic mass is 10.1. The Bertz CT molecular complexity index is 656.